The third-order valence-electron chi connectivity index (χ3n) is 5.16. The van der Waals surface area contributed by atoms with Crippen LogP contribution in [0.3, 0.4) is 0 Å². The number of hydrogen-bond donors (Lipinski definition) is 2. The highest BCUT2D eigenvalue weighted by Crippen LogP contribution is 2.28. The molecule has 160 valence electrons. The van der Waals surface area contributed by atoms with Crippen LogP contribution in [-0.4, -0.2) is 42.6 Å². The predicted molar refractivity (Wildman–Crippen MR) is 122 cm³/mol. The molecule has 1 aliphatic heterocycles. The van der Waals surface area contributed by atoms with E-state index in [0.717, 1.165) is 37.3 Å². The predicted octanol–water partition coefficient (Wildman–Crippen LogP) is 4.49. The summed E-state index contributed by atoms with van der Waals surface area (Å²) in [7, 11) is 2.12. The Hall–Kier alpha value is -2.35. The molecule has 0 aliphatic carbocycles. The van der Waals surface area contributed by atoms with Gasteiger partial charge in [-0.25, -0.2) is 4.79 Å². The van der Waals surface area contributed by atoms with Gasteiger partial charge in [0.05, 0.1) is 4.34 Å². The van der Waals surface area contributed by atoms with E-state index in [-0.39, 0.29) is 12.3 Å². The average molecular weight is 448 g/mol. The Morgan fingerprint density at radius 2 is 2.00 bits per heavy atom. The summed E-state index contributed by atoms with van der Waals surface area (Å²) in [4.78, 5) is 27.7. The van der Waals surface area contributed by atoms with Crippen molar-refractivity contribution in [1.29, 1.82) is 0 Å². The molecule has 0 fully saturated rings. The van der Waals surface area contributed by atoms with Crippen LogP contribution in [0.15, 0.2) is 43.0 Å². The maximum atomic E-state index is 13.0. The van der Waals surface area contributed by atoms with E-state index in [0.29, 0.717) is 15.1 Å². The Kier molecular flexibility index (Phi) is 7.18. The van der Waals surface area contributed by atoms with Crippen molar-refractivity contribution in [2.45, 2.75) is 31.7 Å². The fourth-order valence-corrected chi connectivity index (χ4v) is 4.24. The Bertz CT molecular complexity index is 945. The van der Waals surface area contributed by atoms with Crippen LogP contribution in [0.2, 0.25) is 4.34 Å². The molecular weight excluding hydrogens is 422 g/mol. The number of halogens is 1. The van der Waals surface area contributed by atoms with Gasteiger partial charge in [-0.3, -0.25) is 4.79 Å². The number of nitrogens with one attached hydrogen (secondary N) is 2. The zero-order chi connectivity index (χ0) is 21.7. The van der Waals surface area contributed by atoms with Crippen molar-refractivity contribution in [1.82, 2.24) is 10.2 Å². The van der Waals surface area contributed by atoms with Gasteiger partial charge in [0.15, 0.2) is 5.06 Å². The molecule has 0 spiro atoms. The van der Waals surface area contributed by atoms with Crippen LogP contribution < -0.4 is 15.4 Å². The van der Waals surface area contributed by atoms with Gasteiger partial charge in [-0.05, 0) is 68.6 Å². The summed E-state index contributed by atoms with van der Waals surface area (Å²) in [5.74, 6) is -0.339. The minimum Gasteiger partial charge on any atom is -0.399 e. The lowest BCUT2D eigenvalue weighted by molar-refractivity contribution is -0.121. The molecule has 6 nitrogen and oxygen atoms in total. The fraction of sp³-hybridized carbons (Fsp3) is 0.364. The maximum Gasteiger partial charge on any atom is 0.414 e. The fourth-order valence-electron chi connectivity index (χ4n) is 3.37. The first kappa shape index (κ1) is 22.3. The Morgan fingerprint density at radius 3 is 2.67 bits per heavy atom. The van der Waals surface area contributed by atoms with Gasteiger partial charge in [0.2, 0.25) is 5.91 Å². The lowest BCUT2D eigenvalue weighted by Gasteiger charge is -2.28. The van der Waals surface area contributed by atoms with Gasteiger partial charge in [0, 0.05) is 18.8 Å². The number of thiophene rings is 1. The number of carbonyl (C=O) groups is 2. The van der Waals surface area contributed by atoms with Crippen LogP contribution in [0, 0.1) is 0 Å². The first-order valence-electron chi connectivity index (χ1n) is 9.77. The second-order valence-electron chi connectivity index (χ2n) is 7.64. The highest BCUT2D eigenvalue weighted by molar-refractivity contribution is 7.17. The first-order valence-corrected chi connectivity index (χ1v) is 11.0. The van der Waals surface area contributed by atoms with Crippen LogP contribution in [0.4, 0.5) is 10.5 Å². The van der Waals surface area contributed by atoms with E-state index in [9.17, 15) is 9.59 Å². The van der Waals surface area contributed by atoms with E-state index in [1.807, 2.05) is 12.1 Å². The molecule has 30 heavy (non-hydrogen) atoms. The summed E-state index contributed by atoms with van der Waals surface area (Å²) in [6.07, 6.45) is 3.05. The number of likely N-dealkylation sites (N-methyl/N-ethyl adjacent to an activating group) is 1. The SMILES string of the molecule is C=CCC(C)(NC(=O)Oc1ccc(Cl)s1)C(=O)Nc1ccc2c(c1)CCN(C)CC2. The molecule has 0 saturated carbocycles. The van der Waals surface area contributed by atoms with Crippen LogP contribution in [0.5, 0.6) is 5.06 Å². The van der Waals surface area contributed by atoms with E-state index in [1.165, 1.54) is 11.1 Å². The van der Waals surface area contributed by atoms with Gasteiger partial charge in [0.25, 0.3) is 0 Å². The molecular formula is C22H26ClN3O3S. The number of benzene rings is 1. The van der Waals surface area contributed by atoms with Crippen LogP contribution in [-0.2, 0) is 17.6 Å². The largest absolute Gasteiger partial charge is 0.414 e. The molecule has 2 N–H and O–H groups in total. The van der Waals surface area contributed by atoms with E-state index in [2.05, 4.69) is 35.2 Å². The molecule has 1 aromatic heterocycles. The maximum absolute atomic E-state index is 13.0. The molecule has 1 atom stereocenters. The molecule has 1 aromatic carbocycles. The van der Waals surface area contributed by atoms with Crippen molar-refractivity contribution < 1.29 is 14.3 Å². The quantitative estimate of drug-likeness (QED) is 0.640. The zero-order valence-corrected chi connectivity index (χ0v) is 18.7. The summed E-state index contributed by atoms with van der Waals surface area (Å²) in [6, 6.07) is 9.23. The Morgan fingerprint density at radius 1 is 1.27 bits per heavy atom. The van der Waals surface area contributed by atoms with E-state index < -0.39 is 11.6 Å². The number of amides is 2. The van der Waals surface area contributed by atoms with Crippen LogP contribution in [0.25, 0.3) is 0 Å². The number of hydrogen-bond acceptors (Lipinski definition) is 5. The molecule has 0 bridgehead atoms. The van der Waals surface area contributed by atoms with Crippen LogP contribution >= 0.6 is 22.9 Å². The van der Waals surface area contributed by atoms with E-state index >= 15 is 0 Å². The standard InChI is InChI=1S/C22H26ClN3O3S/c1-4-11-22(2,25-21(28)29-19-8-7-18(23)30-19)20(27)24-17-6-5-15-9-12-26(3)13-10-16(15)14-17/h4-8,14H,1,9-13H2,2-3H3,(H,24,27)(H,25,28). The second kappa shape index (κ2) is 9.64. The third-order valence-corrected chi connectivity index (χ3v) is 6.27. The molecule has 1 aliphatic rings. The highest BCUT2D eigenvalue weighted by Gasteiger charge is 2.35. The zero-order valence-electron chi connectivity index (χ0n) is 17.2. The summed E-state index contributed by atoms with van der Waals surface area (Å²) >= 11 is 7.00. The van der Waals surface area contributed by atoms with Gasteiger partial charge in [-0.15, -0.1) is 6.58 Å². The number of anilines is 1. The van der Waals surface area contributed by atoms with Gasteiger partial charge in [-0.2, -0.15) is 0 Å². The molecule has 3 rings (SSSR count). The number of carbonyl (C=O) groups excluding carboxylic acids is 2. The molecule has 2 amide bonds. The monoisotopic (exact) mass is 447 g/mol. The highest BCUT2D eigenvalue weighted by atomic mass is 35.5. The third kappa shape index (κ3) is 5.62. The topological polar surface area (TPSA) is 70.7 Å². The molecule has 2 heterocycles. The molecule has 1 unspecified atom stereocenters. The van der Waals surface area contributed by atoms with Crippen molar-refractivity contribution in [2.75, 3.05) is 25.5 Å². The molecule has 2 aromatic rings. The van der Waals surface area contributed by atoms with Gasteiger partial charge >= 0.3 is 6.09 Å². The number of nitrogens with zero attached hydrogens (tertiary/aromatic N) is 1. The minimum absolute atomic E-state index is 0.245. The summed E-state index contributed by atoms with van der Waals surface area (Å²) in [5.41, 5.74) is 2.04. The van der Waals surface area contributed by atoms with Crippen LogP contribution in [0.1, 0.15) is 24.5 Å². The summed E-state index contributed by atoms with van der Waals surface area (Å²) < 4.78 is 5.75. The van der Waals surface area contributed by atoms with Crippen molar-refractivity contribution >= 4 is 40.6 Å². The Labute approximate surface area is 185 Å². The summed E-state index contributed by atoms with van der Waals surface area (Å²) in [5, 5.41) is 5.95. The van der Waals surface area contributed by atoms with Gasteiger partial charge in [-0.1, -0.05) is 35.1 Å². The van der Waals surface area contributed by atoms with Gasteiger partial charge in [0.1, 0.15) is 5.54 Å². The summed E-state index contributed by atoms with van der Waals surface area (Å²) in [6.45, 7) is 7.37. The van der Waals surface area contributed by atoms with Crippen molar-refractivity contribution in [3.8, 4) is 5.06 Å². The average Bonchev–Trinajstić information content (AvgIpc) is 2.99. The molecule has 0 radical (unpaired) electrons. The number of ether oxygens (including phenoxy) is 1. The number of rotatable bonds is 6. The molecule has 8 heteroatoms. The molecule has 0 saturated heterocycles. The van der Waals surface area contributed by atoms with Crippen molar-refractivity contribution in [3.05, 3.63) is 58.5 Å². The van der Waals surface area contributed by atoms with Gasteiger partial charge < -0.3 is 20.3 Å². The van der Waals surface area contributed by atoms with Crippen molar-refractivity contribution in [3.63, 3.8) is 0 Å². The number of fused-ring (bicyclic) bond motifs is 1. The lowest BCUT2D eigenvalue weighted by Crippen LogP contribution is -2.55. The normalized spacial score (nSPS) is 16.0. The lowest BCUT2D eigenvalue weighted by atomic mass is 9.96. The Balaban J connectivity index is 1.70. The smallest absolute Gasteiger partial charge is 0.399 e. The second-order valence-corrected chi connectivity index (χ2v) is 9.32. The van der Waals surface area contributed by atoms with E-state index in [4.69, 9.17) is 16.3 Å². The first-order chi connectivity index (χ1) is 14.3. The van der Waals surface area contributed by atoms with Crippen molar-refractivity contribution in [2.24, 2.45) is 0 Å². The minimum atomic E-state index is -1.22. The van der Waals surface area contributed by atoms with E-state index in [1.54, 1.807) is 25.1 Å².